The van der Waals surface area contributed by atoms with Crippen LogP contribution in [0.3, 0.4) is 0 Å². The van der Waals surface area contributed by atoms with Gasteiger partial charge in [0.1, 0.15) is 5.52 Å². The van der Waals surface area contributed by atoms with Crippen LogP contribution in [0.1, 0.15) is 50.8 Å². The van der Waals surface area contributed by atoms with E-state index < -0.39 is 0 Å². The van der Waals surface area contributed by atoms with Gasteiger partial charge in [0.05, 0.1) is 0 Å². The second-order valence-electron chi connectivity index (χ2n) is 5.82. The molecule has 0 aliphatic heterocycles. The number of anilines is 1. The average Bonchev–Trinajstić information content (AvgIpc) is 2.55. The Morgan fingerprint density at radius 2 is 1.95 bits per heavy atom. The summed E-state index contributed by atoms with van der Waals surface area (Å²) in [4.78, 5) is 9.13. The Kier molecular flexibility index (Phi) is 3.17. The first-order valence-electron chi connectivity index (χ1n) is 7.28. The molecule has 2 atom stereocenters. The first-order valence-corrected chi connectivity index (χ1v) is 7.28. The van der Waals surface area contributed by atoms with Crippen molar-refractivity contribution in [3.63, 3.8) is 0 Å². The normalized spacial score (nSPS) is 24.5. The van der Waals surface area contributed by atoms with Crippen LogP contribution in [0.25, 0.3) is 11.2 Å². The molecule has 1 aliphatic rings. The Labute approximate surface area is 114 Å². The molecule has 2 aromatic rings. The van der Waals surface area contributed by atoms with Crippen LogP contribution in [0.4, 0.5) is 5.95 Å². The Bertz CT molecular complexity index is 587. The zero-order valence-electron chi connectivity index (χ0n) is 11.8. The number of imidazole rings is 1. The number of aryl methyl sites for hydroxylation is 1. The van der Waals surface area contributed by atoms with Gasteiger partial charge in [-0.1, -0.05) is 26.2 Å². The number of fused-ring (bicyclic) bond motifs is 1. The second kappa shape index (κ2) is 4.83. The van der Waals surface area contributed by atoms with Crippen molar-refractivity contribution in [3.05, 3.63) is 17.8 Å². The molecule has 0 bridgehead atoms. The fourth-order valence-electron chi connectivity index (χ4n) is 3.27. The quantitative estimate of drug-likeness (QED) is 0.797. The second-order valence-corrected chi connectivity index (χ2v) is 5.82. The Morgan fingerprint density at radius 1 is 1.16 bits per heavy atom. The van der Waals surface area contributed by atoms with Crippen LogP contribution >= 0.6 is 0 Å². The van der Waals surface area contributed by atoms with E-state index in [0.29, 0.717) is 17.9 Å². The van der Waals surface area contributed by atoms with Gasteiger partial charge < -0.3 is 5.73 Å². The lowest BCUT2D eigenvalue weighted by Gasteiger charge is -2.24. The van der Waals surface area contributed by atoms with E-state index in [-0.39, 0.29) is 0 Å². The van der Waals surface area contributed by atoms with Crippen LogP contribution < -0.4 is 5.73 Å². The highest BCUT2D eigenvalue weighted by atomic mass is 15.2. The van der Waals surface area contributed by atoms with E-state index in [0.717, 1.165) is 16.9 Å². The van der Waals surface area contributed by atoms with E-state index in [4.69, 9.17) is 5.73 Å². The molecule has 4 nitrogen and oxygen atoms in total. The third-order valence-corrected chi connectivity index (χ3v) is 4.35. The van der Waals surface area contributed by atoms with Gasteiger partial charge >= 0.3 is 0 Å². The van der Waals surface area contributed by atoms with Crippen LogP contribution in [-0.4, -0.2) is 14.5 Å². The number of aromatic nitrogens is 3. The third kappa shape index (κ3) is 2.20. The lowest BCUT2D eigenvalue weighted by molar-refractivity contribution is 0.343. The summed E-state index contributed by atoms with van der Waals surface area (Å²) >= 11 is 0. The predicted molar refractivity (Wildman–Crippen MR) is 78.0 cm³/mol. The van der Waals surface area contributed by atoms with E-state index in [2.05, 4.69) is 21.5 Å². The van der Waals surface area contributed by atoms with Gasteiger partial charge in [0, 0.05) is 11.7 Å². The van der Waals surface area contributed by atoms with Crippen molar-refractivity contribution >= 4 is 17.1 Å². The highest BCUT2D eigenvalue weighted by molar-refractivity contribution is 5.74. The number of nitrogens with two attached hydrogens (primary N) is 1. The van der Waals surface area contributed by atoms with E-state index in [1.165, 1.54) is 32.1 Å². The monoisotopic (exact) mass is 258 g/mol. The smallest absolute Gasteiger partial charge is 0.202 e. The number of nitrogens with zero attached hydrogens (tertiary/aromatic N) is 3. The zero-order chi connectivity index (χ0) is 13.4. The van der Waals surface area contributed by atoms with Crippen molar-refractivity contribution in [3.8, 4) is 0 Å². The summed E-state index contributed by atoms with van der Waals surface area (Å²) in [7, 11) is 0. The van der Waals surface area contributed by atoms with E-state index in [9.17, 15) is 0 Å². The highest BCUT2D eigenvalue weighted by Gasteiger charge is 2.25. The minimum absolute atomic E-state index is 0.446. The molecule has 4 heteroatoms. The lowest BCUT2D eigenvalue weighted by Crippen LogP contribution is -2.18. The Hall–Kier alpha value is -1.58. The molecule has 1 saturated carbocycles. The fraction of sp³-hybridized carbons (Fsp3) is 0.600. The molecule has 2 aromatic heterocycles. The summed E-state index contributed by atoms with van der Waals surface area (Å²) in [6.45, 7) is 4.35. The largest absolute Gasteiger partial charge is 0.369 e. The maximum Gasteiger partial charge on any atom is 0.202 e. The predicted octanol–water partition coefficient (Wildman–Crippen LogP) is 3.46. The molecule has 0 amide bonds. The molecular formula is C15H22N4. The molecular weight excluding hydrogens is 236 g/mol. The third-order valence-electron chi connectivity index (χ3n) is 4.35. The first-order chi connectivity index (χ1) is 9.16. The molecule has 19 heavy (non-hydrogen) atoms. The van der Waals surface area contributed by atoms with Crippen molar-refractivity contribution < 1.29 is 0 Å². The van der Waals surface area contributed by atoms with Crippen LogP contribution in [0.2, 0.25) is 0 Å². The maximum absolute atomic E-state index is 6.16. The van der Waals surface area contributed by atoms with Gasteiger partial charge in [-0.05, 0) is 37.8 Å². The molecule has 2 heterocycles. The van der Waals surface area contributed by atoms with Crippen molar-refractivity contribution in [2.24, 2.45) is 5.92 Å². The van der Waals surface area contributed by atoms with Gasteiger partial charge in [0.15, 0.2) is 5.65 Å². The Balaban J connectivity index is 2.12. The number of nitrogen functional groups attached to an aromatic ring is 1. The van der Waals surface area contributed by atoms with Gasteiger partial charge in [0.2, 0.25) is 5.95 Å². The van der Waals surface area contributed by atoms with E-state index in [1.54, 1.807) is 0 Å². The fourth-order valence-corrected chi connectivity index (χ4v) is 3.27. The topological polar surface area (TPSA) is 56.7 Å². The number of hydrogen-bond acceptors (Lipinski definition) is 3. The summed E-state index contributed by atoms with van der Waals surface area (Å²) in [5.74, 6) is 1.26. The molecule has 2 N–H and O–H groups in total. The molecule has 3 rings (SSSR count). The van der Waals surface area contributed by atoms with Gasteiger partial charge in [-0.15, -0.1) is 0 Å². The van der Waals surface area contributed by atoms with Crippen LogP contribution in [0.5, 0.6) is 0 Å². The van der Waals surface area contributed by atoms with Crippen molar-refractivity contribution in [1.29, 1.82) is 0 Å². The van der Waals surface area contributed by atoms with Gasteiger partial charge in [-0.3, -0.25) is 4.57 Å². The lowest BCUT2D eigenvalue weighted by atomic mass is 9.97. The average molecular weight is 258 g/mol. The van der Waals surface area contributed by atoms with Gasteiger partial charge in [-0.25, -0.2) is 9.97 Å². The maximum atomic E-state index is 6.16. The molecule has 0 aromatic carbocycles. The number of pyridine rings is 1. The van der Waals surface area contributed by atoms with E-state index >= 15 is 0 Å². The Morgan fingerprint density at radius 3 is 2.79 bits per heavy atom. The van der Waals surface area contributed by atoms with Crippen molar-refractivity contribution in [1.82, 2.24) is 14.5 Å². The number of rotatable bonds is 1. The molecule has 1 fully saturated rings. The summed E-state index contributed by atoms with van der Waals surface area (Å²) in [6.07, 6.45) is 6.40. The first kappa shape index (κ1) is 12.5. The molecule has 1 aliphatic carbocycles. The van der Waals surface area contributed by atoms with E-state index in [1.807, 2.05) is 19.1 Å². The SMILES string of the molecule is Cc1ccc2nc(N)n(C3CCCCCC3C)c2n1. The van der Waals surface area contributed by atoms with Crippen molar-refractivity contribution in [2.75, 3.05) is 5.73 Å². The molecule has 0 radical (unpaired) electrons. The molecule has 0 saturated heterocycles. The van der Waals surface area contributed by atoms with Crippen LogP contribution in [-0.2, 0) is 0 Å². The number of hydrogen-bond donors (Lipinski definition) is 1. The minimum Gasteiger partial charge on any atom is -0.369 e. The van der Waals surface area contributed by atoms with Crippen molar-refractivity contribution in [2.45, 2.75) is 52.0 Å². The van der Waals surface area contributed by atoms with Crippen LogP contribution in [0, 0.1) is 12.8 Å². The molecule has 0 spiro atoms. The van der Waals surface area contributed by atoms with Gasteiger partial charge in [-0.2, -0.15) is 0 Å². The standard InChI is InChI=1S/C15H22N4/c1-10-6-4-3-5-7-13(10)19-14-12(18-15(19)16)9-8-11(2)17-14/h8-10,13H,3-7H2,1-2H3,(H2,16,18). The zero-order valence-corrected chi connectivity index (χ0v) is 11.8. The summed E-state index contributed by atoms with van der Waals surface area (Å²) in [6, 6.07) is 4.46. The molecule has 2 unspecified atom stereocenters. The van der Waals surface area contributed by atoms with Gasteiger partial charge in [0.25, 0.3) is 0 Å². The minimum atomic E-state index is 0.446. The highest BCUT2D eigenvalue weighted by Crippen LogP contribution is 2.35. The van der Waals surface area contributed by atoms with Crippen LogP contribution in [0.15, 0.2) is 12.1 Å². The molecule has 102 valence electrons. The summed E-state index contributed by atoms with van der Waals surface area (Å²) < 4.78 is 2.18. The summed E-state index contributed by atoms with van der Waals surface area (Å²) in [5, 5.41) is 0. The summed E-state index contributed by atoms with van der Waals surface area (Å²) in [5.41, 5.74) is 9.05.